The smallest absolute Gasteiger partial charge is 0.317 e. The molecule has 12 nitrogen and oxygen atoms in total. The van der Waals surface area contributed by atoms with Crippen LogP contribution >= 0.6 is 12.2 Å². The molecule has 0 amide bonds. The van der Waals surface area contributed by atoms with E-state index >= 15 is 0 Å². The highest BCUT2D eigenvalue weighted by molar-refractivity contribution is 7.80. The topological polar surface area (TPSA) is 171 Å². The van der Waals surface area contributed by atoms with E-state index in [1.165, 1.54) is 4.90 Å². The van der Waals surface area contributed by atoms with Gasteiger partial charge in [-0.05, 0) is 30.7 Å². The van der Waals surface area contributed by atoms with Crippen molar-refractivity contribution in [3.05, 3.63) is 29.8 Å². The minimum absolute atomic E-state index is 0.0611. The number of nitrogens with one attached hydrogen (secondary N) is 1. The van der Waals surface area contributed by atoms with Crippen LogP contribution in [0, 0.1) is 5.41 Å². The van der Waals surface area contributed by atoms with Crippen LogP contribution in [0.3, 0.4) is 0 Å². The normalized spacial score (nSPS) is 12.5. The molecular weight excluding hydrogens is 528 g/mol. The first-order valence-electron chi connectivity index (χ1n) is 12.6. The summed E-state index contributed by atoms with van der Waals surface area (Å²) < 4.78 is 0. The third kappa shape index (κ3) is 14.0. The van der Waals surface area contributed by atoms with Crippen LogP contribution in [0.25, 0.3) is 0 Å². The number of hydrogen-bond donors (Lipinski definition) is 5. The third-order valence-corrected chi connectivity index (χ3v) is 6.64. The zero-order valence-electron chi connectivity index (χ0n) is 22.9. The van der Waals surface area contributed by atoms with Gasteiger partial charge in [0.25, 0.3) is 0 Å². The molecule has 0 spiro atoms. The van der Waals surface area contributed by atoms with Gasteiger partial charge in [-0.15, -0.1) is 0 Å². The van der Waals surface area contributed by atoms with Crippen molar-refractivity contribution in [3.63, 3.8) is 0 Å². The molecule has 1 atom stereocenters. The molecule has 0 fully saturated rings. The predicted molar refractivity (Wildman–Crippen MR) is 150 cm³/mol. The summed E-state index contributed by atoms with van der Waals surface area (Å²) in [5.74, 6) is -4.53. The summed E-state index contributed by atoms with van der Waals surface area (Å²) >= 11 is 5.43. The SMILES string of the molecule is CCN(CCN(CC(=O)O)CC(Cc1ccc(NC(=S)C(C)(C)C)cc1)N(CC(=O)O)CC(=O)O)CC(=O)O. The monoisotopic (exact) mass is 568 g/mol. The quantitative estimate of drug-likeness (QED) is 0.162. The van der Waals surface area contributed by atoms with Crippen LogP contribution in [-0.4, -0.2) is 122 Å². The van der Waals surface area contributed by atoms with Gasteiger partial charge in [0.05, 0.1) is 31.2 Å². The fraction of sp³-hybridized carbons (Fsp3) is 0.577. The molecule has 1 aromatic rings. The number of carboxylic acid groups (broad SMARTS) is 4. The van der Waals surface area contributed by atoms with Gasteiger partial charge in [-0.1, -0.05) is 52.0 Å². The summed E-state index contributed by atoms with van der Waals surface area (Å²) in [6.07, 6.45) is 0.257. The van der Waals surface area contributed by atoms with Gasteiger partial charge in [-0.3, -0.25) is 33.9 Å². The molecule has 1 rings (SSSR count). The van der Waals surface area contributed by atoms with Gasteiger partial charge in [0.1, 0.15) is 0 Å². The number of aliphatic carboxylic acids is 4. The van der Waals surface area contributed by atoms with E-state index in [0.29, 0.717) is 11.5 Å². The van der Waals surface area contributed by atoms with Crippen molar-refractivity contribution in [2.75, 3.05) is 57.7 Å². The summed E-state index contributed by atoms with van der Waals surface area (Å²) in [5, 5.41) is 40.7. The highest BCUT2D eigenvalue weighted by Gasteiger charge is 2.27. The van der Waals surface area contributed by atoms with Crippen LogP contribution < -0.4 is 5.32 Å². The van der Waals surface area contributed by atoms with Gasteiger partial charge in [-0.25, -0.2) is 0 Å². The van der Waals surface area contributed by atoms with Crippen LogP contribution in [-0.2, 0) is 25.6 Å². The number of thiocarbonyl (C=S) groups is 1. The van der Waals surface area contributed by atoms with Crippen LogP contribution in [0.5, 0.6) is 0 Å². The summed E-state index contributed by atoms with van der Waals surface area (Å²) in [4.78, 5) is 51.0. The summed E-state index contributed by atoms with van der Waals surface area (Å²) in [6, 6.07) is 6.65. The Hall–Kier alpha value is -3.13. The Bertz CT molecular complexity index is 981. The molecule has 1 aromatic carbocycles. The summed E-state index contributed by atoms with van der Waals surface area (Å²) in [7, 11) is 0. The van der Waals surface area contributed by atoms with E-state index in [-0.39, 0.29) is 44.6 Å². The van der Waals surface area contributed by atoms with Crippen LogP contribution in [0.4, 0.5) is 5.69 Å². The van der Waals surface area contributed by atoms with Gasteiger partial charge >= 0.3 is 23.9 Å². The lowest BCUT2D eigenvalue weighted by Crippen LogP contribution is -2.51. The second kappa shape index (κ2) is 16.1. The van der Waals surface area contributed by atoms with E-state index in [9.17, 15) is 34.5 Å². The molecule has 0 saturated carbocycles. The van der Waals surface area contributed by atoms with Crippen molar-refractivity contribution in [1.29, 1.82) is 0 Å². The Kier molecular flexibility index (Phi) is 14.0. The highest BCUT2D eigenvalue weighted by atomic mass is 32.1. The number of carboxylic acids is 4. The lowest BCUT2D eigenvalue weighted by Gasteiger charge is -2.34. The molecule has 39 heavy (non-hydrogen) atoms. The van der Waals surface area contributed by atoms with Gasteiger partial charge in [-0.2, -0.15) is 0 Å². The highest BCUT2D eigenvalue weighted by Crippen LogP contribution is 2.20. The predicted octanol–water partition coefficient (Wildman–Crippen LogP) is 1.65. The molecule has 0 bridgehead atoms. The fourth-order valence-corrected chi connectivity index (χ4v) is 3.95. The van der Waals surface area contributed by atoms with E-state index in [1.54, 1.807) is 16.7 Å². The average molecular weight is 569 g/mol. The van der Waals surface area contributed by atoms with Crippen molar-refractivity contribution < 1.29 is 39.6 Å². The summed E-state index contributed by atoms with van der Waals surface area (Å²) in [6.45, 7) is 7.08. The second-order valence-electron chi connectivity index (χ2n) is 10.3. The van der Waals surface area contributed by atoms with Gasteiger partial charge in [0.2, 0.25) is 0 Å². The van der Waals surface area contributed by atoms with E-state index in [4.69, 9.17) is 17.3 Å². The standard InChI is InChI=1S/C26H40N4O8S/c1-5-28(14-21(31)32)10-11-29(15-22(33)34)13-20(30(16-23(35)36)17-24(37)38)12-18-6-8-19(9-7-18)27-25(39)26(2,3)4/h6-9,20H,5,10-17H2,1-4H3,(H,27,39)(H,31,32)(H,33,34)(H,35,36)(H,37,38). The molecule has 0 aliphatic heterocycles. The number of benzene rings is 1. The minimum Gasteiger partial charge on any atom is -0.480 e. The molecule has 0 radical (unpaired) electrons. The van der Waals surface area contributed by atoms with Crippen molar-refractivity contribution in [1.82, 2.24) is 14.7 Å². The fourth-order valence-electron chi connectivity index (χ4n) is 3.83. The molecule has 0 aliphatic carbocycles. The Morgan fingerprint density at radius 1 is 0.821 bits per heavy atom. The van der Waals surface area contributed by atoms with E-state index in [0.717, 1.165) is 11.3 Å². The first kappa shape index (κ1) is 33.9. The summed E-state index contributed by atoms with van der Waals surface area (Å²) in [5.41, 5.74) is 1.34. The van der Waals surface area contributed by atoms with Crippen LogP contribution in [0.15, 0.2) is 24.3 Å². The Morgan fingerprint density at radius 3 is 1.72 bits per heavy atom. The molecule has 0 aromatic heterocycles. The van der Waals surface area contributed by atoms with Crippen molar-refractivity contribution in [2.24, 2.45) is 5.41 Å². The molecule has 218 valence electrons. The second-order valence-corrected chi connectivity index (χ2v) is 10.8. The third-order valence-electron chi connectivity index (χ3n) is 5.92. The van der Waals surface area contributed by atoms with Crippen molar-refractivity contribution >= 4 is 46.8 Å². The molecule has 0 aliphatic rings. The van der Waals surface area contributed by atoms with E-state index < -0.39 is 43.0 Å². The zero-order chi connectivity index (χ0) is 29.8. The average Bonchev–Trinajstić information content (AvgIpc) is 2.80. The van der Waals surface area contributed by atoms with E-state index in [1.807, 2.05) is 45.0 Å². The maximum Gasteiger partial charge on any atom is 0.317 e. The molecule has 0 heterocycles. The minimum atomic E-state index is -1.21. The van der Waals surface area contributed by atoms with Crippen molar-refractivity contribution in [2.45, 2.75) is 40.2 Å². The maximum absolute atomic E-state index is 11.6. The molecular formula is C26H40N4O8S. The van der Waals surface area contributed by atoms with Crippen LogP contribution in [0.1, 0.15) is 33.3 Å². The number of hydrogen-bond acceptors (Lipinski definition) is 8. The Morgan fingerprint density at radius 2 is 1.28 bits per heavy atom. The van der Waals surface area contributed by atoms with Gasteiger partial charge < -0.3 is 25.7 Å². The molecule has 0 saturated heterocycles. The number of nitrogens with zero attached hydrogens (tertiary/aromatic N) is 3. The maximum atomic E-state index is 11.6. The van der Waals surface area contributed by atoms with E-state index in [2.05, 4.69) is 5.32 Å². The lowest BCUT2D eigenvalue weighted by atomic mass is 9.96. The molecule has 13 heteroatoms. The Labute approximate surface area is 234 Å². The first-order chi connectivity index (χ1) is 18.1. The number of carbonyl (C=O) groups is 4. The largest absolute Gasteiger partial charge is 0.480 e. The Balaban J connectivity index is 3.22. The number of likely N-dealkylation sites (N-methyl/N-ethyl adjacent to an activating group) is 1. The van der Waals surface area contributed by atoms with Gasteiger partial charge in [0.15, 0.2) is 0 Å². The molecule has 1 unspecified atom stereocenters. The molecule has 5 N–H and O–H groups in total. The zero-order valence-corrected chi connectivity index (χ0v) is 23.7. The number of rotatable bonds is 18. The van der Waals surface area contributed by atoms with Gasteiger partial charge in [0, 0.05) is 36.8 Å². The van der Waals surface area contributed by atoms with Crippen molar-refractivity contribution in [3.8, 4) is 0 Å². The van der Waals surface area contributed by atoms with Crippen LogP contribution in [0.2, 0.25) is 0 Å². The first-order valence-corrected chi connectivity index (χ1v) is 13.0. The lowest BCUT2D eigenvalue weighted by molar-refractivity contribution is -0.144. The number of anilines is 1.